The monoisotopic (exact) mass is 339 g/mol. The van der Waals surface area contributed by atoms with Gasteiger partial charge < -0.3 is 14.8 Å². The third kappa shape index (κ3) is 4.13. The van der Waals surface area contributed by atoms with E-state index in [-0.39, 0.29) is 11.3 Å². The van der Waals surface area contributed by atoms with Crippen LogP contribution in [-0.2, 0) is 16.6 Å². The molecule has 1 saturated carbocycles. The normalized spacial score (nSPS) is 14.6. The molecule has 1 amide bonds. The minimum Gasteiger partial charge on any atom is -0.493 e. The van der Waals surface area contributed by atoms with Gasteiger partial charge in [-0.05, 0) is 42.5 Å². The Kier molecular flexibility index (Phi) is 5.27. The van der Waals surface area contributed by atoms with Gasteiger partial charge in [0.15, 0.2) is 11.5 Å². The fraction of sp³-hybridized carbons (Fsp3) is 0.381. The lowest BCUT2D eigenvalue weighted by atomic mass is 9.96. The number of methoxy groups -OCH3 is 2. The predicted octanol–water partition coefficient (Wildman–Crippen LogP) is 3.48. The molecule has 25 heavy (non-hydrogen) atoms. The molecule has 1 N–H and O–H groups in total. The first-order valence-electron chi connectivity index (χ1n) is 8.70. The highest BCUT2D eigenvalue weighted by atomic mass is 16.5. The second-order valence-corrected chi connectivity index (χ2v) is 6.61. The van der Waals surface area contributed by atoms with Crippen molar-refractivity contribution >= 4 is 5.91 Å². The molecule has 0 spiro atoms. The van der Waals surface area contributed by atoms with E-state index in [0.717, 1.165) is 24.9 Å². The van der Waals surface area contributed by atoms with Gasteiger partial charge in [-0.3, -0.25) is 4.79 Å². The lowest BCUT2D eigenvalue weighted by Gasteiger charge is -2.16. The Morgan fingerprint density at radius 2 is 1.76 bits per heavy atom. The summed E-state index contributed by atoms with van der Waals surface area (Å²) in [6.07, 6.45) is 3.45. The lowest BCUT2D eigenvalue weighted by Crippen LogP contribution is -2.32. The summed E-state index contributed by atoms with van der Waals surface area (Å²) in [5, 5.41) is 3.11. The standard InChI is InChI=1S/C21H25NO3/c1-24-18-10-8-16(14-19(18)25-2)9-11-20(23)22-15-21(12-13-21)17-6-4-3-5-7-17/h3-8,10,14H,9,11-13,15H2,1-2H3,(H,22,23). The summed E-state index contributed by atoms with van der Waals surface area (Å²) in [4.78, 5) is 12.2. The second kappa shape index (κ2) is 7.60. The molecule has 0 heterocycles. The number of benzene rings is 2. The van der Waals surface area contributed by atoms with Crippen molar-refractivity contribution < 1.29 is 14.3 Å². The fourth-order valence-electron chi connectivity index (χ4n) is 3.16. The first-order valence-corrected chi connectivity index (χ1v) is 8.70. The molecule has 0 bridgehead atoms. The summed E-state index contributed by atoms with van der Waals surface area (Å²) in [6, 6.07) is 16.2. The Balaban J connectivity index is 1.50. The zero-order valence-electron chi connectivity index (χ0n) is 14.9. The molecular weight excluding hydrogens is 314 g/mol. The van der Waals surface area contributed by atoms with Crippen LogP contribution in [0.3, 0.4) is 0 Å². The molecule has 0 saturated heterocycles. The average molecular weight is 339 g/mol. The molecule has 0 atom stereocenters. The van der Waals surface area contributed by atoms with E-state index in [1.807, 2.05) is 24.3 Å². The highest BCUT2D eigenvalue weighted by Crippen LogP contribution is 2.47. The molecular formula is C21H25NO3. The number of hydrogen-bond donors (Lipinski definition) is 1. The number of hydrogen-bond acceptors (Lipinski definition) is 3. The van der Waals surface area contributed by atoms with Crippen LogP contribution in [0.25, 0.3) is 0 Å². The van der Waals surface area contributed by atoms with Gasteiger partial charge in [0.1, 0.15) is 0 Å². The van der Waals surface area contributed by atoms with E-state index in [2.05, 4.69) is 29.6 Å². The Bertz CT molecular complexity index is 723. The van der Waals surface area contributed by atoms with Crippen LogP contribution in [0.1, 0.15) is 30.4 Å². The summed E-state index contributed by atoms with van der Waals surface area (Å²) in [6.45, 7) is 0.724. The molecule has 4 heteroatoms. The number of aryl methyl sites for hydroxylation is 1. The van der Waals surface area contributed by atoms with E-state index >= 15 is 0 Å². The molecule has 0 radical (unpaired) electrons. The van der Waals surface area contributed by atoms with Crippen molar-refractivity contribution in [3.8, 4) is 11.5 Å². The molecule has 1 aliphatic carbocycles. The predicted molar refractivity (Wildman–Crippen MR) is 98.2 cm³/mol. The van der Waals surface area contributed by atoms with Gasteiger partial charge in [-0.1, -0.05) is 36.4 Å². The van der Waals surface area contributed by atoms with Crippen molar-refractivity contribution in [1.29, 1.82) is 0 Å². The number of rotatable bonds is 8. The van der Waals surface area contributed by atoms with Crippen LogP contribution in [0, 0.1) is 0 Å². The van der Waals surface area contributed by atoms with Gasteiger partial charge in [0.2, 0.25) is 5.91 Å². The topological polar surface area (TPSA) is 47.6 Å². The summed E-state index contributed by atoms with van der Waals surface area (Å²) in [5.74, 6) is 1.49. The zero-order chi connectivity index (χ0) is 17.7. The van der Waals surface area contributed by atoms with Crippen LogP contribution in [0.5, 0.6) is 11.5 Å². The smallest absolute Gasteiger partial charge is 0.220 e. The lowest BCUT2D eigenvalue weighted by molar-refractivity contribution is -0.121. The molecule has 2 aromatic rings. The Hall–Kier alpha value is -2.49. The molecule has 0 aliphatic heterocycles. The van der Waals surface area contributed by atoms with E-state index in [0.29, 0.717) is 24.3 Å². The van der Waals surface area contributed by atoms with Gasteiger partial charge in [-0.25, -0.2) is 0 Å². The quantitative estimate of drug-likeness (QED) is 0.801. The van der Waals surface area contributed by atoms with Gasteiger partial charge in [0.05, 0.1) is 14.2 Å². The van der Waals surface area contributed by atoms with Crippen LogP contribution in [0.15, 0.2) is 48.5 Å². The van der Waals surface area contributed by atoms with Gasteiger partial charge in [0.25, 0.3) is 0 Å². The molecule has 0 unspecified atom stereocenters. The SMILES string of the molecule is COc1ccc(CCC(=O)NCC2(c3ccccc3)CC2)cc1OC. The summed E-state index contributed by atoms with van der Waals surface area (Å²) in [7, 11) is 3.23. The van der Waals surface area contributed by atoms with Crippen molar-refractivity contribution in [2.24, 2.45) is 0 Å². The van der Waals surface area contributed by atoms with Crippen LogP contribution in [0.2, 0.25) is 0 Å². The highest BCUT2D eigenvalue weighted by molar-refractivity contribution is 5.76. The van der Waals surface area contributed by atoms with E-state index in [1.165, 1.54) is 5.56 Å². The number of amides is 1. The summed E-state index contributed by atoms with van der Waals surface area (Å²) < 4.78 is 10.5. The maximum atomic E-state index is 12.2. The third-order valence-electron chi connectivity index (χ3n) is 4.95. The number of nitrogens with one attached hydrogen (secondary N) is 1. The maximum absolute atomic E-state index is 12.2. The van der Waals surface area contributed by atoms with E-state index in [4.69, 9.17) is 9.47 Å². The van der Waals surface area contributed by atoms with E-state index < -0.39 is 0 Å². The van der Waals surface area contributed by atoms with Crippen molar-refractivity contribution in [2.75, 3.05) is 20.8 Å². The van der Waals surface area contributed by atoms with Crippen LogP contribution < -0.4 is 14.8 Å². The number of ether oxygens (including phenoxy) is 2. The Morgan fingerprint density at radius 1 is 1.04 bits per heavy atom. The molecule has 1 fully saturated rings. The van der Waals surface area contributed by atoms with Crippen molar-refractivity contribution in [1.82, 2.24) is 5.32 Å². The highest BCUT2D eigenvalue weighted by Gasteiger charge is 2.44. The molecule has 0 aromatic heterocycles. The number of carbonyl (C=O) groups excluding carboxylic acids is 1. The zero-order valence-corrected chi connectivity index (χ0v) is 14.9. The second-order valence-electron chi connectivity index (χ2n) is 6.61. The van der Waals surface area contributed by atoms with Gasteiger partial charge in [-0.2, -0.15) is 0 Å². The molecule has 1 aliphatic rings. The van der Waals surface area contributed by atoms with Crippen LogP contribution >= 0.6 is 0 Å². The molecule has 2 aromatic carbocycles. The fourth-order valence-corrected chi connectivity index (χ4v) is 3.16. The third-order valence-corrected chi connectivity index (χ3v) is 4.95. The first-order chi connectivity index (χ1) is 12.2. The minimum atomic E-state index is 0.0944. The molecule has 3 rings (SSSR count). The summed E-state index contributed by atoms with van der Waals surface area (Å²) >= 11 is 0. The van der Waals surface area contributed by atoms with Gasteiger partial charge in [-0.15, -0.1) is 0 Å². The first kappa shape index (κ1) is 17.3. The van der Waals surface area contributed by atoms with E-state index in [1.54, 1.807) is 14.2 Å². The average Bonchev–Trinajstić information content (AvgIpc) is 3.46. The van der Waals surface area contributed by atoms with E-state index in [9.17, 15) is 4.79 Å². The Morgan fingerprint density at radius 3 is 2.40 bits per heavy atom. The minimum absolute atomic E-state index is 0.0944. The maximum Gasteiger partial charge on any atom is 0.220 e. The van der Waals surface area contributed by atoms with Crippen LogP contribution in [0.4, 0.5) is 0 Å². The van der Waals surface area contributed by atoms with Crippen molar-refractivity contribution in [3.05, 3.63) is 59.7 Å². The van der Waals surface area contributed by atoms with Crippen molar-refractivity contribution in [2.45, 2.75) is 31.1 Å². The van der Waals surface area contributed by atoms with Gasteiger partial charge >= 0.3 is 0 Å². The summed E-state index contributed by atoms with van der Waals surface area (Å²) in [5.41, 5.74) is 2.55. The molecule has 4 nitrogen and oxygen atoms in total. The Labute approximate surface area is 149 Å². The van der Waals surface area contributed by atoms with Crippen molar-refractivity contribution in [3.63, 3.8) is 0 Å². The van der Waals surface area contributed by atoms with Crippen LogP contribution in [-0.4, -0.2) is 26.7 Å². The largest absolute Gasteiger partial charge is 0.493 e. The molecule has 132 valence electrons. The number of carbonyl (C=O) groups is 1. The van der Waals surface area contributed by atoms with Gasteiger partial charge in [0, 0.05) is 18.4 Å².